The van der Waals surface area contributed by atoms with E-state index in [0.717, 1.165) is 11.4 Å². The number of rotatable bonds is 6. The Labute approximate surface area is 119 Å². The first kappa shape index (κ1) is 14.3. The molecule has 0 radical (unpaired) electrons. The zero-order chi connectivity index (χ0) is 14.4. The highest BCUT2D eigenvalue weighted by molar-refractivity contribution is 5.77. The zero-order valence-electron chi connectivity index (χ0n) is 11.8. The molecule has 106 valence electrons. The number of aromatic nitrogens is 2. The minimum atomic E-state index is -0.222. The van der Waals surface area contributed by atoms with Gasteiger partial charge in [-0.1, -0.05) is 30.3 Å². The van der Waals surface area contributed by atoms with Crippen molar-refractivity contribution in [2.45, 2.75) is 12.5 Å². The van der Waals surface area contributed by atoms with Crippen molar-refractivity contribution >= 4 is 5.91 Å². The zero-order valence-corrected chi connectivity index (χ0v) is 11.8. The van der Waals surface area contributed by atoms with Crippen LogP contribution in [0.5, 0.6) is 0 Å². The van der Waals surface area contributed by atoms with Crippen LogP contribution in [0.25, 0.3) is 0 Å². The smallest absolute Gasteiger partial charge is 0.222 e. The van der Waals surface area contributed by atoms with Gasteiger partial charge in [-0.3, -0.25) is 4.79 Å². The van der Waals surface area contributed by atoms with Crippen molar-refractivity contribution in [1.82, 2.24) is 20.2 Å². The number of benzene rings is 1. The van der Waals surface area contributed by atoms with Crippen LogP contribution in [0.15, 0.2) is 42.7 Å². The van der Waals surface area contributed by atoms with Gasteiger partial charge in [0.2, 0.25) is 5.91 Å². The van der Waals surface area contributed by atoms with Gasteiger partial charge >= 0.3 is 0 Å². The molecule has 1 atom stereocenters. The third kappa shape index (κ3) is 3.45. The molecule has 0 aliphatic carbocycles. The first-order valence-electron chi connectivity index (χ1n) is 6.68. The molecule has 1 heterocycles. The highest BCUT2D eigenvalue weighted by Gasteiger charge is 2.19. The maximum Gasteiger partial charge on any atom is 0.222 e. The molecule has 2 aromatic rings. The lowest BCUT2D eigenvalue weighted by atomic mass is 10.1. The van der Waals surface area contributed by atoms with Crippen molar-refractivity contribution in [3.8, 4) is 0 Å². The standard InChI is InChI=1S/C15H20N4O/c1-16-9-8-13(20)18-14(12-6-4-3-5-7-12)15-17-10-11-19(15)2/h3-7,10-11,14,16H,8-9H2,1-2H3,(H,18,20). The van der Waals surface area contributed by atoms with E-state index in [1.165, 1.54) is 0 Å². The van der Waals surface area contributed by atoms with E-state index in [-0.39, 0.29) is 11.9 Å². The predicted molar refractivity (Wildman–Crippen MR) is 78.2 cm³/mol. The quantitative estimate of drug-likeness (QED) is 0.831. The molecular formula is C15H20N4O. The van der Waals surface area contributed by atoms with E-state index in [1.807, 2.05) is 55.2 Å². The fourth-order valence-electron chi connectivity index (χ4n) is 2.07. The number of carbonyl (C=O) groups excluding carboxylic acids is 1. The van der Waals surface area contributed by atoms with Crippen LogP contribution in [0, 0.1) is 0 Å². The Morgan fingerprint density at radius 2 is 2.10 bits per heavy atom. The predicted octanol–water partition coefficient (Wildman–Crippen LogP) is 1.24. The lowest BCUT2D eigenvalue weighted by Gasteiger charge is -2.19. The lowest BCUT2D eigenvalue weighted by molar-refractivity contribution is -0.121. The summed E-state index contributed by atoms with van der Waals surface area (Å²) in [6, 6.07) is 9.66. The summed E-state index contributed by atoms with van der Waals surface area (Å²) in [7, 11) is 3.76. The molecule has 1 aromatic carbocycles. The molecule has 0 saturated heterocycles. The van der Waals surface area contributed by atoms with Crippen molar-refractivity contribution in [2.24, 2.45) is 7.05 Å². The topological polar surface area (TPSA) is 59.0 Å². The molecule has 0 bridgehead atoms. The van der Waals surface area contributed by atoms with Crippen LogP contribution in [-0.4, -0.2) is 29.1 Å². The molecule has 0 aliphatic heterocycles. The van der Waals surface area contributed by atoms with Crippen LogP contribution in [0.4, 0.5) is 0 Å². The van der Waals surface area contributed by atoms with Gasteiger partial charge in [-0.2, -0.15) is 0 Å². The maximum absolute atomic E-state index is 12.0. The molecule has 20 heavy (non-hydrogen) atoms. The molecule has 0 saturated carbocycles. The van der Waals surface area contributed by atoms with E-state index in [9.17, 15) is 4.79 Å². The summed E-state index contributed by atoms with van der Waals surface area (Å²) in [5, 5.41) is 6.03. The molecule has 0 aliphatic rings. The van der Waals surface area contributed by atoms with Gasteiger partial charge in [-0.25, -0.2) is 4.98 Å². The van der Waals surface area contributed by atoms with Crippen molar-refractivity contribution in [2.75, 3.05) is 13.6 Å². The summed E-state index contributed by atoms with van der Waals surface area (Å²) in [4.78, 5) is 16.4. The molecule has 2 rings (SSSR count). The van der Waals surface area contributed by atoms with E-state index in [2.05, 4.69) is 15.6 Å². The number of nitrogens with one attached hydrogen (secondary N) is 2. The number of carbonyl (C=O) groups is 1. The Morgan fingerprint density at radius 3 is 2.70 bits per heavy atom. The number of aryl methyl sites for hydroxylation is 1. The van der Waals surface area contributed by atoms with E-state index >= 15 is 0 Å². The Bertz CT molecular complexity index is 550. The van der Waals surface area contributed by atoms with E-state index in [4.69, 9.17) is 0 Å². The number of nitrogens with zero attached hydrogens (tertiary/aromatic N) is 2. The molecule has 1 amide bonds. The third-order valence-electron chi connectivity index (χ3n) is 3.16. The summed E-state index contributed by atoms with van der Waals surface area (Å²) in [6.07, 6.45) is 4.07. The molecular weight excluding hydrogens is 252 g/mol. The van der Waals surface area contributed by atoms with Crippen LogP contribution in [-0.2, 0) is 11.8 Å². The summed E-state index contributed by atoms with van der Waals surface area (Å²) in [5.41, 5.74) is 1.03. The molecule has 2 N–H and O–H groups in total. The number of hydrogen-bond acceptors (Lipinski definition) is 3. The molecule has 5 heteroatoms. The Kier molecular flexibility index (Phi) is 4.90. The van der Waals surface area contributed by atoms with Crippen molar-refractivity contribution < 1.29 is 4.79 Å². The number of amides is 1. The lowest BCUT2D eigenvalue weighted by Crippen LogP contribution is -2.32. The van der Waals surface area contributed by atoms with Crippen molar-refractivity contribution in [3.63, 3.8) is 0 Å². The maximum atomic E-state index is 12.0. The summed E-state index contributed by atoms with van der Waals surface area (Å²) >= 11 is 0. The monoisotopic (exact) mass is 272 g/mol. The molecule has 5 nitrogen and oxygen atoms in total. The number of imidazole rings is 1. The Hall–Kier alpha value is -2.14. The van der Waals surface area contributed by atoms with E-state index in [0.29, 0.717) is 13.0 Å². The minimum absolute atomic E-state index is 0.0104. The summed E-state index contributed by atoms with van der Waals surface area (Å²) in [6.45, 7) is 0.661. The largest absolute Gasteiger partial charge is 0.342 e. The van der Waals surface area contributed by atoms with Gasteiger partial charge in [0.05, 0.1) is 0 Å². The van der Waals surface area contributed by atoms with Gasteiger partial charge in [0, 0.05) is 32.4 Å². The highest BCUT2D eigenvalue weighted by Crippen LogP contribution is 2.20. The summed E-state index contributed by atoms with van der Waals surface area (Å²) < 4.78 is 1.93. The van der Waals surface area contributed by atoms with Crippen LogP contribution >= 0.6 is 0 Å². The Morgan fingerprint density at radius 1 is 1.35 bits per heavy atom. The summed E-state index contributed by atoms with van der Waals surface area (Å²) in [5.74, 6) is 0.838. The average Bonchev–Trinajstić information content (AvgIpc) is 2.89. The second-order valence-corrected chi connectivity index (χ2v) is 4.66. The van der Waals surface area contributed by atoms with Crippen molar-refractivity contribution in [1.29, 1.82) is 0 Å². The second kappa shape index (κ2) is 6.86. The SMILES string of the molecule is CNCCC(=O)NC(c1ccccc1)c1nccn1C. The van der Waals surface area contributed by atoms with Gasteiger partial charge in [0.15, 0.2) is 0 Å². The minimum Gasteiger partial charge on any atom is -0.342 e. The Balaban J connectivity index is 2.22. The van der Waals surface area contributed by atoms with Crippen LogP contribution < -0.4 is 10.6 Å². The van der Waals surface area contributed by atoms with E-state index in [1.54, 1.807) is 6.20 Å². The number of hydrogen-bond donors (Lipinski definition) is 2. The van der Waals surface area contributed by atoms with Gasteiger partial charge < -0.3 is 15.2 Å². The normalized spacial score (nSPS) is 12.1. The van der Waals surface area contributed by atoms with Gasteiger partial charge in [-0.05, 0) is 12.6 Å². The molecule has 0 spiro atoms. The van der Waals surface area contributed by atoms with Crippen molar-refractivity contribution in [3.05, 3.63) is 54.1 Å². The van der Waals surface area contributed by atoms with Crippen LogP contribution in [0.1, 0.15) is 23.9 Å². The second-order valence-electron chi connectivity index (χ2n) is 4.66. The average molecular weight is 272 g/mol. The van der Waals surface area contributed by atoms with E-state index < -0.39 is 0 Å². The first-order valence-corrected chi connectivity index (χ1v) is 6.68. The third-order valence-corrected chi connectivity index (χ3v) is 3.16. The van der Waals surface area contributed by atoms with Gasteiger partial charge in [-0.15, -0.1) is 0 Å². The fourth-order valence-corrected chi connectivity index (χ4v) is 2.07. The van der Waals surface area contributed by atoms with Gasteiger partial charge in [0.25, 0.3) is 0 Å². The highest BCUT2D eigenvalue weighted by atomic mass is 16.1. The molecule has 1 unspecified atom stereocenters. The van der Waals surface area contributed by atoms with Gasteiger partial charge in [0.1, 0.15) is 11.9 Å². The van der Waals surface area contributed by atoms with Crippen LogP contribution in [0.2, 0.25) is 0 Å². The molecule has 0 fully saturated rings. The van der Waals surface area contributed by atoms with Crippen LogP contribution in [0.3, 0.4) is 0 Å². The first-order chi connectivity index (χ1) is 9.72. The fraction of sp³-hybridized carbons (Fsp3) is 0.333. The molecule has 1 aromatic heterocycles.